The molecule has 1 atom stereocenters. The molecule has 0 aliphatic carbocycles. The van der Waals surface area contributed by atoms with E-state index >= 15 is 0 Å². The van der Waals surface area contributed by atoms with Crippen molar-refractivity contribution in [3.8, 4) is 5.69 Å². The lowest BCUT2D eigenvalue weighted by atomic mass is 9.85. The predicted octanol–water partition coefficient (Wildman–Crippen LogP) is 3.29. The Bertz CT molecular complexity index is 1160. The van der Waals surface area contributed by atoms with Crippen LogP contribution in [0.4, 0.5) is 5.82 Å². The first-order chi connectivity index (χ1) is 14.2. The summed E-state index contributed by atoms with van der Waals surface area (Å²) in [5, 5.41) is 11.9. The molecule has 7 nitrogen and oxygen atoms in total. The Morgan fingerprint density at radius 3 is 2.79 bits per heavy atom. The largest absolute Gasteiger partial charge is 0.311 e. The highest BCUT2D eigenvalue weighted by Gasteiger charge is 2.30. The number of carbonyl (C=O) groups is 1. The molecule has 3 aromatic heterocycles. The number of amides is 1. The molecule has 7 heteroatoms. The maximum atomic E-state index is 12.5. The third-order valence-corrected chi connectivity index (χ3v) is 5.34. The van der Waals surface area contributed by atoms with E-state index in [1.807, 2.05) is 52.2 Å². The van der Waals surface area contributed by atoms with Gasteiger partial charge in [0.15, 0.2) is 0 Å². The number of fused-ring (bicyclic) bond motifs is 1. The van der Waals surface area contributed by atoms with E-state index in [2.05, 4.69) is 39.6 Å². The summed E-state index contributed by atoms with van der Waals surface area (Å²) in [6.07, 6.45) is 9.52. The van der Waals surface area contributed by atoms with Crippen molar-refractivity contribution in [2.45, 2.75) is 25.8 Å². The van der Waals surface area contributed by atoms with Crippen LogP contribution in [0.2, 0.25) is 0 Å². The summed E-state index contributed by atoms with van der Waals surface area (Å²) in [5.41, 5.74) is 5.35. The Labute approximate surface area is 168 Å². The molecule has 5 rings (SSSR count). The summed E-state index contributed by atoms with van der Waals surface area (Å²) < 4.78 is 3.67. The van der Waals surface area contributed by atoms with Crippen LogP contribution < -0.4 is 5.32 Å². The number of carbonyl (C=O) groups excluding carboxylic acids is 1. The Morgan fingerprint density at radius 1 is 1.10 bits per heavy atom. The van der Waals surface area contributed by atoms with Crippen LogP contribution in [0.25, 0.3) is 5.69 Å². The number of aryl methyl sites for hydroxylation is 1. The van der Waals surface area contributed by atoms with Gasteiger partial charge in [-0.15, -0.1) is 0 Å². The molecule has 0 spiro atoms. The summed E-state index contributed by atoms with van der Waals surface area (Å²) >= 11 is 0. The summed E-state index contributed by atoms with van der Waals surface area (Å²) in [7, 11) is 0. The maximum Gasteiger partial charge on any atom is 0.226 e. The number of hydrogen-bond donors (Lipinski definition) is 1. The van der Waals surface area contributed by atoms with E-state index in [1.54, 1.807) is 12.4 Å². The molecule has 1 aliphatic heterocycles. The van der Waals surface area contributed by atoms with Crippen molar-refractivity contribution in [1.82, 2.24) is 24.5 Å². The fourth-order valence-electron chi connectivity index (χ4n) is 3.95. The maximum absolute atomic E-state index is 12.5. The molecule has 4 aromatic rings. The van der Waals surface area contributed by atoms with Gasteiger partial charge in [-0.3, -0.25) is 9.78 Å². The van der Waals surface area contributed by atoms with Gasteiger partial charge in [0, 0.05) is 42.7 Å². The molecule has 1 N–H and O–H groups in total. The molecular weight excluding hydrogens is 364 g/mol. The zero-order chi connectivity index (χ0) is 19.8. The second kappa shape index (κ2) is 7.01. The van der Waals surface area contributed by atoms with E-state index in [0.29, 0.717) is 13.0 Å². The third-order valence-electron chi connectivity index (χ3n) is 5.34. The van der Waals surface area contributed by atoms with Crippen molar-refractivity contribution >= 4 is 11.7 Å². The van der Waals surface area contributed by atoms with Crippen LogP contribution >= 0.6 is 0 Å². The number of rotatable bonds is 4. The molecule has 0 bridgehead atoms. The number of nitrogens with one attached hydrogen (secondary N) is 1. The molecule has 1 aliphatic rings. The Morgan fingerprint density at radius 2 is 2.03 bits per heavy atom. The van der Waals surface area contributed by atoms with Gasteiger partial charge in [-0.05, 0) is 47.9 Å². The predicted molar refractivity (Wildman–Crippen MR) is 109 cm³/mol. The molecular formula is C22H20N6O. The van der Waals surface area contributed by atoms with Crippen LogP contribution in [0, 0.1) is 6.92 Å². The van der Waals surface area contributed by atoms with Crippen molar-refractivity contribution in [3.63, 3.8) is 0 Å². The lowest BCUT2D eigenvalue weighted by molar-refractivity contribution is -0.116. The minimum absolute atomic E-state index is 0.00555. The zero-order valence-corrected chi connectivity index (χ0v) is 16.0. The van der Waals surface area contributed by atoms with Crippen LogP contribution in [0.5, 0.6) is 0 Å². The first-order valence-electron chi connectivity index (χ1n) is 9.54. The topological polar surface area (TPSA) is 77.6 Å². The van der Waals surface area contributed by atoms with Crippen molar-refractivity contribution in [1.29, 1.82) is 0 Å². The number of anilines is 1. The molecule has 0 fully saturated rings. The quantitative estimate of drug-likeness (QED) is 0.586. The molecule has 1 amide bonds. The molecule has 0 radical (unpaired) electrons. The fraction of sp³-hybridized carbons (Fsp3) is 0.182. The number of pyridine rings is 1. The third kappa shape index (κ3) is 3.20. The van der Waals surface area contributed by atoms with Gasteiger partial charge < -0.3 is 5.32 Å². The van der Waals surface area contributed by atoms with Crippen LogP contribution in [0.1, 0.15) is 34.6 Å². The van der Waals surface area contributed by atoms with Gasteiger partial charge in [-0.2, -0.15) is 10.2 Å². The van der Waals surface area contributed by atoms with E-state index in [0.717, 1.165) is 33.8 Å². The number of hydrogen-bond acceptors (Lipinski definition) is 4. The van der Waals surface area contributed by atoms with Crippen molar-refractivity contribution in [2.75, 3.05) is 5.32 Å². The molecule has 29 heavy (non-hydrogen) atoms. The van der Waals surface area contributed by atoms with Gasteiger partial charge >= 0.3 is 0 Å². The average Bonchev–Trinajstić information content (AvgIpc) is 3.39. The van der Waals surface area contributed by atoms with E-state index in [9.17, 15) is 4.79 Å². The molecule has 4 heterocycles. The van der Waals surface area contributed by atoms with Gasteiger partial charge in [0.25, 0.3) is 0 Å². The number of nitrogens with zero attached hydrogens (tertiary/aromatic N) is 5. The van der Waals surface area contributed by atoms with Gasteiger partial charge in [0.2, 0.25) is 5.91 Å². The zero-order valence-electron chi connectivity index (χ0n) is 16.0. The highest BCUT2D eigenvalue weighted by Crippen LogP contribution is 2.38. The Balaban J connectivity index is 1.51. The van der Waals surface area contributed by atoms with Crippen LogP contribution in [0.3, 0.4) is 0 Å². The van der Waals surface area contributed by atoms with E-state index in [1.165, 1.54) is 0 Å². The standard InChI is InChI=1S/C22H20N6O/c1-15-10-17(27-9-3-8-24-27)5-6-18(15)19-11-21(29)26-22-20(19)13-25-28(22)14-16-4-2-7-23-12-16/h2-10,12-13,19H,11,14H2,1H3,(H,26,29). The van der Waals surface area contributed by atoms with Crippen molar-refractivity contribution < 1.29 is 4.79 Å². The first kappa shape index (κ1) is 17.4. The van der Waals surface area contributed by atoms with Crippen LogP contribution in [-0.4, -0.2) is 30.5 Å². The van der Waals surface area contributed by atoms with Gasteiger partial charge in [0.05, 0.1) is 18.4 Å². The normalized spacial score (nSPS) is 15.8. The van der Waals surface area contributed by atoms with Crippen LogP contribution in [0.15, 0.2) is 67.4 Å². The lowest BCUT2D eigenvalue weighted by Gasteiger charge is -2.25. The fourth-order valence-corrected chi connectivity index (χ4v) is 3.95. The van der Waals surface area contributed by atoms with E-state index in [-0.39, 0.29) is 11.8 Å². The molecule has 144 valence electrons. The second-order valence-corrected chi connectivity index (χ2v) is 7.26. The summed E-state index contributed by atoms with van der Waals surface area (Å²) in [6, 6.07) is 12.0. The molecule has 0 saturated heterocycles. The Kier molecular flexibility index (Phi) is 4.20. The van der Waals surface area contributed by atoms with Gasteiger partial charge in [-0.1, -0.05) is 12.1 Å². The smallest absolute Gasteiger partial charge is 0.226 e. The average molecular weight is 384 g/mol. The van der Waals surface area contributed by atoms with Crippen molar-refractivity contribution in [2.24, 2.45) is 0 Å². The highest BCUT2D eigenvalue weighted by atomic mass is 16.1. The van der Waals surface area contributed by atoms with E-state index in [4.69, 9.17) is 0 Å². The lowest BCUT2D eigenvalue weighted by Crippen LogP contribution is -2.25. The first-order valence-corrected chi connectivity index (χ1v) is 9.54. The molecule has 1 unspecified atom stereocenters. The van der Waals surface area contributed by atoms with Crippen molar-refractivity contribution in [3.05, 3.63) is 89.6 Å². The van der Waals surface area contributed by atoms with Gasteiger partial charge in [0.1, 0.15) is 5.82 Å². The minimum Gasteiger partial charge on any atom is -0.311 e. The summed E-state index contributed by atoms with van der Waals surface area (Å²) in [4.78, 5) is 16.7. The Hall–Kier alpha value is -3.74. The summed E-state index contributed by atoms with van der Waals surface area (Å²) in [6.45, 7) is 2.64. The molecule has 1 aromatic carbocycles. The van der Waals surface area contributed by atoms with E-state index < -0.39 is 0 Å². The minimum atomic E-state index is -0.0203. The number of benzene rings is 1. The second-order valence-electron chi connectivity index (χ2n) is 7.26. The van der Waals surface area contributed by atoms with Gasteiger partial charge in [-0.25, -0.2) is 9.36 Å². The molecule has 0 saturated carbocycles. The summed E-state index contributed by atoms with van der Waals surface area (Å²) in [5.74, 6) is 0.754. The monoisotopic (exact) mass is 384 g/mol. The van der Waals surface area contributed by atoms with Crippen LogP contribution in [-0.2, 0) is 11.3 Å². The SMILES string of the molecule is Cc1cc(-n2cccn2)ccc1C1CC(=O)Nc2c1cnn2Cc1cccnc1. The number of aromatic nitrogens is 5. The highest BCUT2D eigenvalue weighted by molar-refractivity contribution is 5.94.